The summed E-state index contributed by atoms with van der Waals surface area (Å²) < 4.78 is 33.8. The molecule has 1 fully saturated rings. The Labute approximate surface area is 134 Å². The van der Waals surface area contributed by atoms with Crippen LogP contribution in [0.25, 0.3) is 0 Å². The Kier molecular flexibility index (Phi) is 5.50. The first-order valence-electron chi connectivity index (χ1n) is 8.06. The van der Waals surface area contributed by atoms with Crippen LogP contribution >= 0.6 is 0 Å². The van der Waals surface area contributed by atoms with Crippen LogP contribution in [0.3, 0.4) is 0 Å². The van der Waals surface area contributed by atoms with Gasteiger partial charge in [-0.15, -0.1) is 0 Å². The number of benzene rings is 1. The minimum absolute atomic E-state index is 0.0720. The minimum atomic E-state index is -3.48. The van der Waals surface area contributed by atoms with E-state index in [0.717, 1.165) is 42.6 Å². The lowest BCUT2D eigenvalue weighted by atomic mass is 9.96. The van der Waals surface area contributed by atoms with Crippen LogP contribution in [0, 0.1) is 6.92 Å². The summed E-state index contributed by atoms with van der Waals surface area (Å²) in [5.74, 6) is 0.961. The molecule has 1 aromatic rings. The molecule has 0 amide bonds. The third-order valence-corrected chi connectivity index (χ3v) is 6.03. The molecule has 0 unspecified atom stereocenters. The van der Waals surface area contributed by atoms with Gasteiger partial charge in [0.15, 0.2) is 0 Å². The molecule has 0 atom stereocenters. The highest BCUT2D eigenvalue weighted by molar-refractivity contribution is 7.89. The molecule has 1 aliphatic rings. The molecule has 0 bridgehead atoms. The van der Waals surface area contributed by atoms with E-state index in [0.29, 0.717) is 4.90 Å². The summed E-state index contributed by atoms with van der Waals surface area (Å²) in [5, 5.41) is 0. The molecule has 1 N–H and O–H groups in total. The second kappa shape index (κ2) is 7.01. The van der Waals surface area contributed by atoms with Crippen LogP contribution in [0.1, 0.15) is 63.0 Å². The average molecular weight is 325 g/mol. The summed E-state index contributed by atoms with van der Waals surface area (Å²) in [7, 11) is -1.86. The lowest BCUT2D eigenvalue weighted by Gasteiger charge is -2.23. The topological polar surface area (TPSA) is 55.4 Å². The molecule has 5 heteroatoms. The maximum atomic E-state index is 12.7. The van der Waals surface area contributed by atoms with Crippen LogP contribution in [0.5, 0.6) is 5.75 Å². The van der Waals surface area contributed by atoms with Crippen LogP contribution in [-0.2, 0) is 10.0 Å². The number of ether oxygens (including phenoxy) is 1. The largest absolute Gasteiger partial charge is 0.496 e. The van der Waals surface area contributed by atoms with Crippen molar-refractivity contribution in [2.45, 2.75) is 69.7 Å². The predicted octanol–water partition coefficient (Wildman–Crippen LogP) is 3.74. The molecule has 4 nitrogen and oxygen atoms in total. The summed E-state index contributed by atoms with van der Waals surface area (Å²) in [6.45, 7) is 5.90. The van der Waals surface area contributed by atoms with Crippen molar-refractivity contribution in [1.29, 1.82) is 0 Å². The standard InChI is InChI=1S/C17H27NO3S/c1-12(2)15-11-17(13(3)10-16(15)21-4)22(19,20)18-14-8-6-5-7-9-14/h10-12,14,18H,5-9H2,1-4H3. The van der Waals surface area contributed by atoms with Gasteiger partial charge in [-0.3, -0.25) is 0 Å². The Morgan fingerprint density at radius 2 is 1.82 bits per heavy atom. The fourth-order valence-electron chi connectivity index (χ4n) is 3.10. The molecule has 0 aromatic heterocycles. The van der Waals surface area contributed by atoms with Crippen molar-refractivity contribution >= 4 is 10.0 Å². The molecule has 124 valence electrons. The number of rotatable bonds is 5. The Morgan fingerprint density at radius 3 is 2.36 bits per heavy atom. The van der Waals surface area contributed by atoms with Crippen LogP contribution in [0.15, 0.2) is 17.0 Å². The van der Waals surface area contributed by atoms with Crippen molar-refractivity contribution in [3.63, 3.8) is 0 Å². The fraction of sp³-hybridized carbons (Fsp3) is 0.647. The van der Waals surface area contributed by atoms with Crippen LogP contribution in [0.4, 0.5) is 0 Å². The number of hydrogen-bond donors (Lipinski definition) is 1. The second-order valence-electron chi connectivity index (χ2n) is 6.47. The van der Waals surface area contributed by atoms with Gasteiger partial charge in [0.1, 0.15) is 5.75 Å². The normalized spacial score (nSPS) is 17.0. The third-order valence-electron chi connectivity index (χ3n) is 4.37. The van der Waals surface area contributed by atoms with Gasteiger partial charge in [0.25, 0.3) is 0 Å². The number of aryl methyl sites for hydroxylation is 1. The van der Waals surface area contributed by atoms with Gasteiger partial charge < -0.3 is 4.74 Å². The van der Waals surface area contributed by atoms with Gasteiger partial charge >= 0.3 is 0 Å². The van der Waals surface area contributed by atoms with Crippen molar-refractivity contribution in [2.24, 2.45) is 0 Å². The van der Waals surface area contributed by atoms with E-state index in [4.69, 9.17) is 4.74 Å². The maximum absolute atomic E-state index is 12.7. The predicted molar refractivity (Wildman–Crippen MR) is 89.0 cm³/mol. The van der Waals surface area contributed by atoms with E-state index in [1.165, 1.54) is 6.42 Å². The van der Waals surface area contributed by atoms with E-state index in [2.05, 4.69) is 4.72 Å². The summed E-state index contributed by atoms with van der Waals surface area (Å²) in [6, 6.07) is 3.66. The zero-order valence-corrected chi connectivity index (χ0v) is 14.8. The van der Waals surface area contributed by atoms with Gasteiger partial charge in [-0.1, -0.05) is 33.1 Å². The van der Waals surface area contributed by atoms with Gasteiger partial charge in [0.2, 0.25) is 10.0 Å². The number of sulfonamides is 1. The summed E-state index contributed by atoms with van der Waals surface area (Å²) in [5.41, 5.74) is 1.65. The van der Waals surface area contributed by atoms with E-state index >= 15 is 0 Å². The van der Waals surface area contributed by atoms with E-state index in [9.17, 15) is 8.42 Å². The molecule has 0 heterocycles. The zero-order chi connectivity index (χ0) is 16.3. The lowest BCUT2D eigenvalue weighted by Crippen LogP contribution is -2.36. The highest BCUT2D eigenvalue weighted by atomic mass is 32.2. The van der Waals surface area contributed by atoms with Crippen molar-refractivity contribution in [3.05, 3.63) is 23.3 Å². The molecule has 2 rings (SSSR count). The molecule has 0 saturated heterocycles. The highest BCUT2D eigenvalue weighted by Gasteiger charge is 2.25. The number of hydrogen-bond acceptors (Lipinski definition) is 3. The minimum Gasteiger partial charge on any atom is -0.496 e. The smallest absolute Gasteiger partial charge is 0.241 e. The summed E-state index contributed by atoms with van der Waals surface area (Å²) in [6.07, 6.45) is 5.28. The van der Waals surface area contributed by atoms with Gasteiger partial charge in [-0.25, -0.2) is 13.1 Å². The van der Waals surface area contributed by atoms with Crippen molar-refractivity contribution in [2.75, 3.05) is 7.11 Å². The Hall–Kier alpha value is -1.07. The lowest BCUT2D eigenvalue weighted by molar-refractivity contribution is 0.406. The first-order valence-corrected chi connectivity index (χ1v) is 9.54. The third kappa shape index (κ3) is 3.82. The van der Waals surface area contributed by atoms with E-state index in [1.54, 1.807) is 13.2 Å². The van der Waals surface area contributed by atoms with E-state index in [1.807, 2.05) is 26.8 Å². The molecule has 1 aromatic carbocycles. The number of nitrogens with one attached hydrogen (secondary N) is 1. The Balaban J connectivity index is 2.35. The van der Waals surface area contributed by atoms with E-state index in [-0.39, 0.29) is 12.0 Å². The second-order valence-corrected chi connectivity index (χ2v) is 8.15. The van der Waals surface area contributed by atoms with Crippen molar-refractivity contribution in [1.82, 2.24) is 4.72 Å². The summed E-state index contributed by atoms with van der Waals surface area (Å²) >= 11 is 0. The highest BCUT2D eigenvalue weighted by Crippen LogP contribution is 2.32. The Morgan fingerprint density at radius 1 is 1.18 bits per heavy atom. The maximum Gasteiger partial charge on any atom is 0.241 e. The molecule has 1 saturated carbocycles. The molecule has 0 spiro atoms. The van der Waals surface area contributed by atoms with Crippen LogP contribution < -0.4 is 9.46 Å². The van der Waals surface area contributed by atoms with E-state index < -0.39 is 10.0 Å². The zero-order valence-electron chi connectivity index (χ0n) is 14.0. The van der Waals surface area contributed by atoms with Gasteiger partial charge in [-0.05, 0) is 48.9 Å². The molecular formula is C17H27NO3S. The van der Waals surface area contributed by atoms with Crippen molar-refractivity contribution < 1.29 is 13.2 Å². The molecular weight excluding hydrogens is 298 g/mol. The summed E-state index contributed by atoms with van der Waals surface area (Å²) in [4.78, 5) is 0.377. The van der Waals surface area contributed by atoms with Crippen LogP contribution in [-0.4, -0.2) is 21.6 Å². The molecule has 0 radical (unpaired) electrons. The van der Waals surface area contributed by atoms with Gasteiger partial charge in [-0.2, -0.15) is 0 Å². The quantitative estimate of drug-likeness (QED) is 0.897. The molecule has 0 aliphatic heterocycles. The first-order chi connectivity index (χ1) is 10.3. The van der Waals surface area contributed by atoms with Gasteiger partial charge in [0, 0.05) is 6.04 Å². The van der Waals surface area contributed by atoms with Crippen LogP contribution in [0.2, 0.25) is 0 Å². The monoisotopic (exact) mass is 325 g/mol. The first kappa shape index (κ1) is 17.3. The van der Waals surface area contributed by atoms with Crippen molar-refractivity contribution in [3.8, 4) is 5.75 Å². The molecule has 22 heavy (non-hydrogen) atoms. The fourth-order valence-corrected chi connectivity index (χ4v) is 4.66. The average Bonchev–Trinajstić information content (AvgIpc) is 2.46. The number of methoxy groups -OCH3 is 1. The SMILES string of the molecule is COc1cc(C)c(S(=O)(=O)NC2CCCCC2)cc1C(C)C. The molecule has 1 aliphatic carbocycles. The van der Waals surface area contributed by atoms with Gasteiger partial charge in [0.05, 0.1) is 12.0 Å². The Bertz CT molecular complexity index is 617.